The summed E-state index contributed by atoms with van der Waals surface area (Å²) in [5.74, 6) is 6.51. The summed E-state index contributed by atoms with van der Waals surface area (Å²) in [4.78, 5) is 0. The van der Waals surface area contributed by atoms with E-state index >= 15 is 0 Å². The van der Waals surface area contributed by atoms with Crippen LogP contribution in [0, 0.1) is 16.7 Å². The van der Waals surface area contributed by atoms with Crippen LogP contribution >= 0.6 is 0 Å². The highest BCUT2D eigenvalue weighted by atomic mass is 15.2. The summed E-state index contributed by atoms with van der Waals surface area (Å²) < 4.78 is 0. The molecular weight excluding hydrogens is 232 g/mol. The first-order chi connectivity index (χ1) is 8.89. The van der Waals surface area contributed by atoms with E-state index in [-0.39, 0.29) is 0 Å². The maximum atomic E-state index is 5.79. The Morgan fingerprint density at radius 3 is 1.79 bits per heavy atom. The first kappa shape index (κ1) is 17.0. The van der Waals surface area contributed by atoms with Crippen molar-refractivity contribution in [2.24, 2.45) is 22.6 Å². The van der Waals surface area contributed by atoms with Crippen molar-refractivity contribution in [3.63, 3.8) is 0 Å². The number of rotatable bonds is 10. The predicted molar refractivity (Wildman–Crippen MR) is 84.8 cm³/mol. The van der Waals surface area contributed by atoms with Crippen LogP contribution in [0.3, 0.4) is 0 Å². The Hall–Kier alpha value is -0.0800. The zero-order chi connectivity index (χ0) is 14.5. The highest BCUT2D eigenvalue weighted by molar-refractivity contribution is 5.15. The number of unbranched alkanes of at least 4 members (excludes halogenated alkanes) is 6. The zero-order valence-electron chi connectivity index (χ0n) is 13.9. The van der Waals surface area contributed by atoms with Gasteiger partial charge in [-0.1, -0.05) is 79.6 Å². The lowest BCUT2D eigenvalue weighted by Gasteiger charge is -2.18. The zero-order valence-corrected chi connectivity index (χ0v) is 13.9. The summed E-state index contributed by atoms with van der Waals surface area (Å²) in [5, 5.41) is 0. The summed E-state index contributed by atoms with van der Waals surface area (Å²) >= 11 is 0. The fourth-order valence-electron chi connectivity index (χ4n) is 3.92. The lowest BCUT2D eigenvalue weighted by Crippen LogP contribution is -2.38. The maximum absolute atomic E-state index is 5.79. The topological polar surface area (TPSA) is 38.0 Å². The molecule has 1 rings (SSSR count). The lowest BCUT2D eigenvalue weighted by atomic mass is 9.98. The molecule has 1 aliphatic rings. The molecule has 0 aromatic heterocycles. The first-order valence-electron chi connectivity index (χ1n) is 8.35. The molecule has 0 aromatic rings. The summed E-state index contributed by atoms with van der Waals surface area (Å²) in [7, 11) is 0. The monoisotopic (exact) mass is 268 g/mol. The summed E-state index contributed by atoms with van der Waals surface area (Å²) in [6.45, 7) is 11.8. The second kappa shape index (κ2) is 7.08. The summed E-state index contributed by atoms with van der Waals surface area (Å²) in [6, 6.07) is 0.501. The molecule has 1 aliphatic carbocycles. The molecular formula is C17H36N2. The molecule has 0 radical (unpaired) electrons. The van der Waals surface area contributed by atoms with E-state index < -0.39 is 0 Å². The normalized spacial score (nSPS) is 22.4. The molecule has 0 aliphatic heterocycles. The molecule has 1 saturated carbocycles. The Morgan fingerprint density at radius 2 is 1.37 bits per heavy atom. The Morgan fingerprint density at radius 1 is 0.895 bits per heavy atom. The minimum absolute atomic E-state index is 0.436. The SMILES string of the molecule is CCCCCCCCCC(NN)C1C(C)(C)C1(C)C. The van der Waals surface area contributed by atoms with Crippen molar-refractivity contribution in [3.05, 3.63) is 0 Å². The first-order valence-corrected chi connectivity index (χ1v) is 8.35. The van der Waals surface area contributed by atoms with E-state index in [9.17, 15) is 0 Å². The van der Waals surface area contributed by atoms with Gasteiger partial charge < -0.3 is 0 Å². The van der Waals surface area contributed by atoms with Gasteiger partial charge in [0.05, 0.1) is 0 Å². The molecule has 0 bridgehead atoms. The molecule has 0 heterocycles. The Labute approximate surface area is 120 Å². The fourth-order valence-corrected chi connectivity index (χ4v) is 3.92. The van der Waals surface area contributed by atoms with Crippen LogP contribution in [0.2, 0.25) is 0 Å². The van der Waals surface area contributed by atoms with Crippen molar-refractivity contribution >= 4 is 0 Å². The smallest absolute Gasteiger partial charge is 0.0249 e. The molecule has 0 saturated heterocycles. The Balaban J connectivity index is 2.17. The van der Waals surface area contributed by atoms with Crippen molar-refractivity contribution < 1.29 is 0 Å². The van der Waals surface area contributed by atoms with Crippen molar-refractivity contribution in [2.45, 2.75) is 92.0 Å². The van der Waals surface area contributed by atoms with Crippen LogP contribution in [-0.2, 0) is 0 Å². The second-order valence-electron chi connectivity index (χ2n) is 7.60. The van der Waals surface area contributed by atoms with E-state index in [1.807, 2.05) is 0 Å². The minimum atomic E-state index is 0.436. The average molecular weight is 268 g/mol. The van der Waals surface area contributed by atoms with Gasteiger partial charge in [-0.05, 0) is 23.2 Å². The second-order valence-corrected chi connectivity index (χ2v) is 7.60. The molecule has 3 N–H and O–H groups in total. The van der Waals surface area contributed by atoms with Gasteiger partial charge in [0.1, 0.15) is 0 Å². The third kappa shape index (κ3) is 3.95. The standard InChI is InChI=1S/C17H36N2/c1-6-7-8-9-10-11-12-13-14(19-18)15-16(2,3)17(15,4)5/h14-15,19H,6-13,18H2,1-5H3. The maximum Gasteiger partial charge on any atom is 0.0249 e. The number of hydrogen-bond donors (Lipinski definition) is 2. The molecule has 1 fully saturated rings. The summed E-state index contributed by atoms with van der Waals surface area (Å²) in [5.41, 5.74) is 3.96. The van der Waals surface area contributed by atoms with Gasteiger partial charge in [-0.3, -0.25) is 11.3 Å². The largest absolute Gasteiger partial charge is 0.271 e. The Kier molecular flexibility index (Phi) is 6.32. The lowest BCUT2D eigenvalue weighted by molar-refractivity contribution is 0.369. The van der Waals surface area contributed by atoms with E-state index in [1.54, 1.807) is 0 Å². The molecule has 2 nitrogen and oxygen atoms in total. The van der Waals surface area contributed by atoms with Crippen LogP contribution in [0.25, 0.3) is 0 Å². The molecule has 19 heavy (non-hydrogen) atoms. The molecule has 1 unspecified atom stereocenters. The number of nitrogens with one attached hydrogen (secondary N) is 1. The minimum Gasteiger partial charge on any atom is -0.271 e. The molecule has 114 valence electrons. The van der Waals surface area contributed by atoms with E-state index in [0.29, 0.717) is 16.9 Å². The number of hydrogen-bond acceptors (Lipinski definition) is 2. The third-order valence-corrected chi connectivity index (χ3v) is 5.87. The van der Waals surface area contributed by atoms with E-state index in [0.717, 1.165) is 5.92 Å². The van der Waals surface area contributed by atoms with Crippen molar-refractivity contribution in [2.75, 3.05) is 0 Å². The predicted octanol–water partition coefficient (Wildman–Crippen LogP) is 4.64. The van der Waals surface area contributed by atoms with Gasteiger partial charge in [-0.25, -0.2) is 0 Å². The van der Waals surface area contributed by atoms with Crippen LogP contribution < -0.4 is 11.3 Å². The van der Waals surface area contributed by atoms with Crippen molar-refractivity contribution in [1.29, 1.82) is 0 Å². The third-order valence-electron chi connectivity index (χ3n) is 5.87. The average Bonchev–Trinajstić information content (AvgIpc) is 2.75. The molecule has 0 spiro atoms. The number of hydrazine groups is 1. The van der Waals surface area contributed by atoms with Gasteiger partial charge in [0.15, 0.2) is 0 Å². The summed E-state index contributed by atoms with van der Waals surface area (Å²) in [6.07, 6.45) is 10.9. The molecule has 2 heteroatoms. The van der Waals surface area contributed by atoms with Gasteiger partial charge in [0.2, 0.25) is 0 Å². The van der Waals surface area contributed by atoms with E-state index in [2.05, 4.69) is 40.0 Å². The van der Waals surface area contributed by atoms with Crippen LogP contribution in [0.15, 0.2) is 0 Å². The van der Waals surface area contributed by atoms with Crippen LogP contribution in [-0.4, -0.2) is 6.04 Å². The van der Waals surface area contributed by atoms with Crippen LogP contribution in [0.1, 0.15) is 86.0 Å². The van der Waals surface area contributed by atoms with Crippen molar-refractivity contribution in [1.82, 2.24) is 5.43 Å². The fraction of sp³-hybridized carbons (Fsp3) is 1.00. The highest BCUT2D eigenvalue weighted by Gasteiger charge is 2.66. The molecule has 0 amide bonds. The van der Waals surface area contributed by atoms with Gasteiger partial charge in [-0.15, -0.1) is 0 Å². The number of nitrogens with two attached hydrogens (primary N) is 1. The molecule has 0 aromatic carbocycles. The van der Waals surface area contributed by atoms with E-state index in [1.165, 1.54) is 51.4 Å². The van der Waals surface area contributed by atoms with Crippen LogP contribution in [0.4, 0.5) is 0 Å². The van der Waals surface area contributed by atoms with Crippen LogP contribution in [0.5, 0.6) is 0 Å². The van der Waals surface area contributed by atoms with Crippen molar-refractivity contribution in [3.8, 4) is 0 Å². The van der Waals surface area contributed by atoms with Gasteiger partial charge in [-0.2, -0.15) is 0 Å². The van der Waals surface area contributed by atoms with Gasteiger partial charge >= 0.3 is 0 Å². The molecule has 1 atom stereocenters. The van der Waals surface area contributed by atoms with E-state index in [4.69, 9.17) is 5.84 Å². The van der Waals surface area contributed by atoms with Gasteiger partial charge in [0.25, 0.3) is 0 Å². The van der Waals surface area contributed by atoms with Gasteiger partial charge in [0, 0.05) is 6.04 Å². The quantitative estimate of drug-likeness (QED) is 0.344. The highest BCUT2D eigenvalue weighted by Crippen LogP contribution is 2.69. The Bertz CT molecular complexity index is 244.